The minimum Gasteiger partial charge on any atom is -0.454 e. The topological polar surface area (TPSA) is 102 Å². The van der Waals surface area contributed by atoms with Crippen LogP contribution < -0.4 is 14.4 Å². The van der Waals surface area contributed by atoms with E-state index in [2.05, 4.69) is 42.2 Å². The molecular weight excluding hydrogens is 448 g/mol. The van der Waals surface area contributed by atoms with Crippen molar-refractivity contribution in [3.8, 4) is 17.3 Å². The van der Waals surface area contributed by atoms with Gasteiger partial charge in [-0.25, -0.2) is 9.67 Å². The number of hydrogen-bond donors (Lipinski definition) is 0. The minimum absolute atomic E-state index is 0.0130. The number of piperazine rings is 1. The average Bonchev–Trinajstić information content (AvgIpc) is 3.61. The van der Waals surface area contributed by atoms with Gasteiger partial charge in [-0.1, -0.05) is 6.07 Å². The fraction of sp³-hybridized carbons (Fsp3) is 0.458. The molecular formula is C24H28N8O3. The van der Waals surface area contributed by atoms with E-state index in [1.807, 2.05) is 23.1 Å². The highest BCUT2D eigenvalue weighted by atomic mass is 16.7. The Bertz CT molecular complexity index is 1160. The fourth-order valence-electron chi connectivity index (χ4n) is 5.00. The second kappa shape index (κ2) is 9.49. The third-order valence-electron chi connectivity index (χ3n) is 6.91. The average molecular weight is 477 g/mol. The van der Waals surface area contributed by atoms with Crippen LogP contribution in [0.5, 0.6) is 11.5 Å². The molecule has 0 saturated carbocycles. The Balaban J connectivity index is 1.02. The van der Waals surface area contributed by atoms with Crippen LogP contribution in [0.15, 0.2) is 43.0 Å². The first-order chi connectivity index (χ1) is 17.2. The monoisotopic (exact) mass is 476 g/mol. The van der Waals surface area contributed by atoms with Gasteiger partial charge in [-0.15, -0.1) is 10.2 Å². The van der Waals surface area contributed by atoms with Crippen molar-refractivity contribution in [3.05, 3.63) is 48.5 Å². The highest BCUT2D eigenvalue weighted by molar-refractivity contribution is 5.80. The van der Waals surface area contributed by atoms with E-state index in [0.29, 0.717) is 19.2 Å². The number of carbonyl (C=O) groups is 1. The summed E-state index contributed by atoms with van der Waals surface area (Å²) in [5, 5.41) is 12.7. The summed E-state index contributed by atoms with van der Waals surface area (Å²) in [4.78, 5) is 23.9. The molecule has 3 aromatic rings. The number of anilines is 1. The molecule has 0 aliphatic carbocycles. The lowest BCUT2D eigenvalue weighted by atomic mass is 9.96. The maximum Gasteiger partial charge on any atom is 0.231 e. The van der Waals surface area contributed by atoms with Crippen LogP contribution in [0.3, 0.4) is 0 Å². The summed E-state index contributed by atoms with van der Waals surface area (Å²) in [5.74, 6) is 3.28. The van der Waals surface area contributed by atoms with E-state index in [9.17, 15) is 4.79 Å². The Kier molecular flexibility index (Phi) is 5.91. The minimum atomic E-state index is -0.0130. The second-order valence-corrected chi connectivity index (χ2v) is 9.16. The van der Waals surface area contributed by atoms with Gasteiger partial charge in [0.25, 0.3) is 0 Å². The van der Waals surface area contributed by atoms with Crippen LogP contribution >= 0.6 is 0 Å². The Morgan fingerprint density at radius 2 is 1.80 bits per heavy atom. The number of aromatic nitrogens is 5. The molecule has 0 bridgehead atoms. The number of amides is 1. The first-order valence-electron chi connectivity index (χ1n) is 12.1. The number of ether oxygens (including phenoxy) is 2. The molecule has 11 heteroatoms. The Hall–Kier alpha value is -3.73. The predicted octanol–water partition coefficient (Wildman–Crippen LogP) is 1.35. The van der Waals surface area contributed by atoms with Crippen molar-refractivity contribution in [2.45, 2.75) is 19.4 Å². The van der Waals surface area contributed by atoms with Crippen molar-refractivity contribution in [1.29, 1.82) is 0 Å². The zero-order valence-electron chi connectivity index (χ0n) is 19.5. The van der Waals surface area contributed by atoms with Crippen molar-refractivity contribution in [3.63, 3.8) is 0 Å². The normalized spacial score (nSPS) is 20.3. The van der Waals surface area contributed by atoms with E-state index >= 15 is 0 Å². The summed E-state index contributed by atoms with van der Waals surface area (Å²) >= 11 is 0. The van der Waals surface area contributed by atoms with Gasteiger partial charge in [-0.2, -0.15) is 5.10 Å². The smallest absolute Gasteiger partial charge is 0.231 e. The number of hydrogen-bond acceptors (Lipinski definition) is 9. The molecule has 182 valence electrons. The number of carbonyl (C=O) groups excluding carboxylic acids is 1. The van der Waals surface area contributed by atoms with E-state index < -0.39 is 0 Å². The van der Waals surface area contributed by atoms with Gasteiger partial charge in [0.15, 0.2) is 23.1 Å². The highest BCUT2D eigenvalue weighted by Crippen LogP contribution is 2.33. The lowest BCUT2D eigenvalue weighted by molar-refractivity contribution is -0.137. The van der Waals surface area contributed by atoms with Crippen LogP contribution in [0.2, 0.25) is 0 Å². The molecule has 2 saturated heterocycles. The predicted molar refractivity (Wildman–Crippen MR) is 126 cm³/mol. The number of piperidine rings is 1. The van der Waals surface area contributed by atoms with Crippen molar-refractivity contribution >= 4 is 11.7 Å². The van der Waals surface area contributed by atoms with Gasteiger partial charge in [-0.05, 0) is 42.7 Å². The molecule has 3 aliphatic heterocycles. The molecule has 35 heavy (non-hydrogen) atoms. The molecule has 2 aromatic heterocycles. The second-order valence-electron chi connectivity index (χ2n) is 9.16. The summed E-state index contributed by atoms with van der Waals surface area (Å²) in [6, 6.07) is 9.92. The van der Waals surface area contributed by atoms with Gasteiger partial charge in [-0.3, -0.25) is 9.69 Å². The first-order valence-corrected chi connectivity index (χ1v) is 12.1. The SMILES string of the molecule is O=C(C1CCCN(c2ccc(-n3cncn3)nn2)C1)N1CCN(Cc2ccc3c(c2)OCO3)CC1. The van der Waals surface area contributed by atoms with Crippen LogP contribution in [0.25, 0.3) is 5.82 Å². The molecule has 1 atom stereocenters. The zero-order valence-corrected chi connectivity index (χ0v) is 19.5. The van der Waals surface area contributed by atoms with Gasteiger partial charge in [0, 0.05) is 45.8 Å². The quantitative estimate of drug-likeness (QED) is 0.540. The molecule has 1 unspecified atom stereocenters. The van der Waals surface area contributed by atoms with Gasteiger partial charge in [0.05, 0.1) is 5.92 Å². The first kappa shape index (κ1) is 21.8. The lowest BCUT2D eigenvalue weighted by Gasteiger charge is -2.39. The summed E-state index contributed by atoms with van der Waals surface area (Å²) < 4.78 is 12.5. The van der Waals surface area contributed by atoms with Crippen molar-refractivity contribution in [2.24, 2.45) is 5.92 Å². The Morgan fingerprint density at radius 3 is 2.60 bits per heavy atom. The number of rotatable bonds is 5. The summed E-state index contributed by atoms with van der Waals surface area (Å²) in [6.07, 6.45) is 4.94. The molecule has 0 spiro atoms. The summed E-state index contributed by atoms with van der Waals surface area (Å²) in [7, 11) is 0. The Morgan fingerprint density at radius 1 is 0.971 bits per heavy atom. The number of nitrogens with zero attached hydrogens (tertiary/aromatic N) is 8. The lowest BCUT2D eigenvalue weighted by Crippen LogP contribution is -2.52. The van der Waals surface area contributed by atoms with E-state index in [1.165, 1.54) is 11.9 Å². The third kappa shape index (κ3) is 4.63. The van der Waals surface area contributed by atoms with E-state index in [0.717, 1.165) is 69.4 Å². The molecule has 1 aromatic carbocycles. The largest absolute Gasteiger partial charge is 0.454 e. The molecule has 2 fully saturated rings. The van der Waals surface area contributed by atoms with E-state index in [-0.39, 0.29) is 11.8 Å². The fourth-order valence-corrected chi connectivity index (χ4v) is 5.00. The maximum absolute atomic E-state index is 13.3. The van der Waals surface area contributed by atoms with Crippen molar-refractivity contribution in [2.75, 3.05) is 51.0 Å². The molecule has 5 heterocycles. The van der Waals surface area contributed by atoms with E-state index in [1.54, 1.807) is 11.0 Å². The molecule has 11 nitrogen and oxygen atoms in total. The van der Waals surface area contributed by atoms with Crippen LogP contribution in [-0.4, -0.2) is 86.7 Å². The van der Waals surface area contributed by atoms with Crippen molar-refractivity contribution < 1.29 is 14.3 Å². The standard InChI is InChI=1S/C24H28N8O3/c33-24(30-10-8-29(9-11-30)13-18-3-4-20-21(12-18)35-17-34-20)19-2-1-7-31(14-19)22-5-6-23(28-27-22)32-16-25-15-26-32/h3-6,12,15-16,19H,1-2,7-11,13-14,17H2. The van der Waals surface area contributed by atoms with Gasteiger partial charge in [0.2, 0.25) is 12.7 Å². The van der Waals surface area contributed by atoms with Crippen LogP contribution in [0, 0.1) is 5.92 Å². The highest BCUT2D eigenvalue weighted by Gasteiger charge is 2.31. The maximum atomic E-state index is 13.3. The van der Waals surface area contributed by atoms with E-state index in [4.69, 9.17) is 9.47 Å². The van der Waals surface area contributed by atoms with Gasteiger partial charge >= 0.3 is 0 Å². The summed E-state index contributed by atoms with van der Waals surface area (Å²) in [5.41, 5.74) is 1.20. The molecule has 0 radical (unpaired) electrons. The molecule has 0 N–H and O–H groups in total. The number of benzene rings is 1. The Labute approximate surface area is 203 Å². The molecule has 3 aliphatic rings. The third-order valence-corrected chi connectivity index (χ3v) is 6.91. The molecule has 1 amide bonds. The van der Waals surface area contributed by atoms with Gasteiger partial charge in [0.1, 0.15) is 12.7 Å². The summed E-state index contributed by atoms with van der Waals surface area (Å²) in [6.45, 7) is 5.94. The van der Waals surface area contributed by atoms with Crippen molar-refractivity contribution in [1.82, 2.24) is 34.8 Å². The van der Waals surface area contributed by atoms with Gasteiger partial charge < -0.3 is 19.3 Å². The van der Waals surface area contributed by atoms with Crippen LogP contribution in [0.4, 0.5) is 5.82 Å². The van der Waals surface area contributed by atoms with Crippen LogP contribution in [0.1, 0.15) is 18.4 Å². The zero-order chi connectivity index (χ0) is 23.6. The molecule has 6 rings (SSSR count). The van der Waals surface area contributed by atoms with Crippen LogP contribution in [-0.2, 0) is 11.3 Å². The number of fused-ring (bicyclic) bond motifs is 1.